The van der Waals surface area contributed by atoms with Gasteiger partial charge in [-0.2, -0.15) is 0 Å². The Morgan fingerprint density at radius 3 is 2.48 bits per heavy atom. The number of hydrogen-bond acceptors (Lipinski definition) is 7. The minimum absolute atomic E-state index is 0.0893. The molecule has 1 aliphatic carbocycles. The zero-order valence-electron chi connectivity index (χ0n) is 19.1. The fraction of sp³-hybridized carbons (Fsp3) is 0.500. The molecular formula is C24H30FN7O. The number of halogens is 1. The summed E-state index contributed by atoms with van der Waals surface area (Å²) in [4.78, 5) is 29.1. The van der Waals surface area contributed by atoms with E-state index in [1.165, 1.54) is 6.92 Å². The molecule has 1 atom stereocenters. The molecule has 33 heavy (non-hydrogen) atoms. The molecule has 0 aromatic carbocycles. The second-order valence-corrected chi connectivity index (χ2v) is 8.98. The van der Waals surface area contributed by atoms with Crippen LogP contribution in [0.15, 0.2) is 29.5 Å². The second-order valence-electron chi connectivity index (χ2n) is 8.98. The molecule has 0 spiro atoms. The smallest absolute Gasteiger partial charge is 0.257 e. The number of alkyl halides is 1. The molecule has 174 valence electrons. The minimum Gasteiger partial charge on any atom is -0.353 e. The van der Waals surface area contributed by atoms with E-state index in [1.807, 2.05) is 13.0 Å². The third-order valence-corrected chi connectivity index (χ3v) is 6.82. The molecule has 8 nitrogen and oxygen atoms in total. The number of aryl methyl sites for hydroxylation is 1. The number of piperazine rings is 1. The standard InChI is InChI=1S/C24H30FN7O/c1-15-18-12-27-20(30-21-13-29-22(14-28-21)31-9-7-26-8-10-31)11-19(18)32(17-5-3-4-6-17)24(33)23(15)16(2)25/h11-14,16-17,26H,3-10H2,1-2H3,(H,27,28,30). The molecule has 2 N–H and O–H groups in total. The summed E-state index contributed by atoms with van der Waals surface area (Å²) < 4.78 is 16.2. The van der Waals surface area contributed by atoms with Gasteiger partial charge in [-0.1, -0.05) is 12.8 Å². The maximum absolute atomic E-state index is 14.4. The van der Waals surface area contributed by atoms with Crippen molar-refractivity contribution in [2.24, 2.45) is 0 Å². The monoisotopic (exact) mass is 451 g/mol. The van der Waals surface area contributed by atoms with Crippen LogP contribution < -0.4 is 21.1 Å². The van der Waals surface area contributed by atoms with Gasteiger partial charge in [0, 0.05) is 49.9 Å². The van der Waals surface area contributed by atoms with Crippen molar-refractivity contribution in [2.45, 2.75) is 51.7 Å². The van der Waals surface area contributed by atoms with Gasteiger partial charge in [0.25, 0.3) is 5.56 Å². The minimum atomic E-state index is -1.32. The quantitative estimate of drug-likeness (QED) is 0.610. The maximum atomic E-state index is 14.4. The van der Waals surface area contributed by atoms with Crippen LogP contribution in [0.1, 0.15) is 55.9 Å². The van der Waals surface area contributed by atoms with Crippen LogP contribution in [-0.2, 0) is 0 Å². The Labute approximate surface area is 192 Å². The first-order valence-electron chi connectivity index (χ1n) is 11.8. The van der Waals surface area contributed by atoms with Crippen LogP contribution in [0.25, 0.3) is 10.9 Å². The first-order chi connectivity index (χ1) is 16.0. The summed E-state index contributed by atoms with van der Waals surface area (Å²) in [6.07, 6.45) is 7.90. The van der Waals surface area contributed by atoms with Crippen LogP contribution in [-0.4, -0.2) is 45.7 Å². The average Bonchev–Trinajstić information content (AvgIpc) is 3.34. The fourth-order valence-electron chi connectivity index (χ4n) is 5.11. The molecule has 1 saturated heterocycles. The molecule has 4 heterocycles. The van der Waals surface area contributed by atoms with Crippen molar-refractivity contribution in [3.05, 3.63) is 46.1 Å². The van der Waals surface area contributed by atoms with Gasteiger partial charge in [-0.05, 0) is 32.3 Å². The summed E-state index contributed by atoms with van der Waals surface area (Å²) in [6.45, 7) is 6.93. The van der Waals surface area contributed by atoms with Crippen LogP contribution in [0.2, 0.25) is 0 Å². The van der Waals surface area contributed by atoms with Gasteiger partial charge < -0.3 is 20.1 Å². The Morgan fingerprint density at radius 2 is 1.82 bits per heavy atom. The number of hydrogen-bond donors (Lipinski definition) is 2. The van der Waals surface area contributed by atoms with Gasteiger partial charge in [0.1, 0.15) is 23.6 Å². The Hall–Kier alpha value is -3.07. The third kappa shape index (κ3) is 4.17. The zero-order valence-corrected chi connectivity index (χ0v) is 19.1. The van der Waals surface area contributed by atoms with E-state index in [0.29, 0.717) is 17.2 Å². The third-order valence-electron chi connectivity index (χ3n) is 6.82. The van der Waals surface area contributed by atoms with Crippen molar-refractivity contribution in [2.75, 3.05) is 36.4 Å². The SMILES string of the molecule is Cc1c(C(C)F)c(=O)n(C2CCCC2)c2cc(Nc3cnc(N4CCNCC4)cn3)ncc12. The van der Waals surface area contributed by atoms with Crippen molar-refractivity contribution in [1.82, 2.24) is 24.8 Å². The lowest BCUT2D eigenvalue weighted by atomic mass is 10.0. The normalized spacial score (nSPS) is 18.1. The number of fused-ring (bicyclic) bond motifs is 1. The molecule has 5 rings (SSSR count). The van der Waals surface area contributed by atoms with E-state index in [9.17, 15) is 9.18 Å². The first-order valence-corrected chi connectivity index (χ1v) is 11.8. The highest BCUT2D eigenvalue weighted by atomic mass is 19.1. The van der Waals surface area contributed by atoms with E-state index < -0.39 is 6.17 Å². The molecule has 9 heteroatoms. The summed E-state index contributed by atoms with van der Waals surface area (Å²) in [6, 6.07) is 1.96. The maximum Gasteiger partial charge on any atom is 0.257 e. The number of nitrogens with zero attached hydrogens (tertiary/aromatic N) is 5. The highest BCUT2D eigenvalue weighted by Crippen LogP contribution is 2.34. The molecule has 0 bridgehead atoms. The Balaban J connectivity index is 1.50. The van der Waals surface area contributed by atoms with Crippen LogP contribution in [0.4, 0.5) is 21.8 Å². The number of aromatic nitrogens is 4. The number of nitrogens with one attached hydrogen (secondary N) is 2. The predicted octanol–water partition coefficient (Wildman–Crippen LogP) is 3.79. The van der Waals surface area contributed by atoms with E-state index >= 15 is 0 Å². The summed E-state index contributed by atoms with van der Waals surface area (Å²) in [5.74, 6) is 2.02. The van der Waals surface area contributed by atoms with Gasteiger partial charge in [0.15, 0.2) is 0 Å². The van der Waals surface area contributed by atoms with Crippen molar-refractivity contribution >= 4 is 28.4 Å². The number of pyridine rings is 2. The average molecular weight is 452 g/mol. The lowest BCUT2D eigenvalue weighted by molar-refractivity contribution is 0.365. The van der Waals surface area contributed by atoms with Gasteiger partial charge in [0.05, 0.1) is 23.5 Å². The van der Waals surface area contributed by atoms with Gasteiger partial charge in [-0.3, -0.25) is 4.79 Å². The van der Waals surface area contributed by atoms with Crippen molar-refractivity contribution in [3.8, 4) is 0 Å². The summed E-state index contributed by atoms with van der Waals surface area (Å²) in [7, 11) is 0. The van der Waals surface area contributed by atoms with Gasteiger partial charge in [-0.25, -0.2) is 19.3 Å². The van der Waals surface area contributed by atoms with Gasteiger partial charge in [-0.15, -0.1) is 0 Å². The van der Waals surface area contributed by atoms with Crippen LogP contribution in [0, 0.1) is 6.92 Å². The highest BCUT2D eigenvalue weighted by molar-refractivity contribution is 5.85. The Bertz CT molecular complexity index is 1200. The Kier molecular flexibility index (Phi) is 5.97. The molecule has 0 amide bonds. The molecular weight excluding hydrogens is 421 g/mol. The van der Waals surface area contributed by atoms with E-state index in [-0.39, 0.29) is 17.2 Å². The lowest BCUT2D eigenvalue weighted by Gasteiger charge is -2.28. The molecule has 3 aromatic rings. The van der Waals surface area contributed by atoms with Crippen molar-refractivity contribution in [1.29, 1.82) is 0 Å². The second kappa shape index (κ2) is 9.05. The van der Waals surface area contributed by atoms with Crippen LogP contribution in [0.3, 0.4) is 0 Å². The topological polar surface area (TPSA) is 88.0 Å². The van der Waals surface area contributed by atoms with Gasteiger partial charge in [0.2, 0.25) is 0 Å². The number of rotatable bonds is 5. The molecule has 1 aliphatic heterocycles. The molecule has 1 saturated carbocycles. The first kappa shape index (κ1) is 21.8. The molecule has 2 aliphatic rings. The summed E-state index contributed by atoms with van der Waals surface area (Å²) >= 11 is 0. The fourth-order valence-corrected chi connectivity index (χ4v) is 5.11. The Morgan fingerprint density at radius 1 is 1.09 bits per heavy atom. The van der Waals surface area contributed by atoms with Gasteiger partial charge >= 0.3 is 0 Å². The molecule has 2 fully saturated rings. The van der Waals surface area contributed by atoms with E-state index in [2.05, 4.69) is 30.5 Å². The lowest BCUT2D eigenvalue weighted by Crippen LogP contribution is -2.43. The largest absolute Gasteiger partial charge is 0.353 e. The summed E-state index contributed by atoms with van der Waals surface area (Å²) in [5, 5.41) is 7.36. The van der Waals surface area contributed by atoms with Crippen molar-refractivity contribution in [3.63, 3.8) is 0 Å². The zero-order chi connectivity index (χ0) is 22.9. The van der Waals surface area contributed by atoms with E-state index in [0.717, 1.165) is 68.6 Å². The van der Waals surface area contributed by atoms with Crippen LogP contribution in [0.5, 0.6) is 0 Å². The van der Waals surface area contributed by atoms with E-state index in [1.54, 1.807) is 23.2 Å². The van der Waals surface area contributed by atoms with E-state index in [4.69, 9.17) is 0 Å². The summed E-state index contributed by atoms with van der Waals surface area (Å²) in [5.41, 5.74) is 1.47. The molecule has 0 radical (unpaired) electrons. The molecule has 1 unspecified atom stereocenters. The van der Waals surface area contributed by atoms with Crippen molar-refractivity contribution < 1.29 is 4.39 Å². The highest BCUT2D eigenvalue weighted by Gasteiger charge is 2.25. The predicted molar refractivity (Wildman–Crippen MR) is 128 cm³/mol. The number of anilines is 3. The molecule has 3 aromatic heterocycles. The van der Waals surface area contributed by atoms with Crippen LogP contribution >= 0.6 is 0 Å².